The van der Waals surface area contributed by atoms with Gasteiger partial charge in [-0.3, -0.25) is 0 Å². The molecule has 0 unspecified atom stereocenters. The fourth-order valence-corrected chi connectivity index (χ4v) is 1.06. The van der Waals surface area contributed by atoms with Crippen molar-refractivity contribution in [2.45, 2.75) is 13.3 Å². The second-order valence-corrected chi connectivity index (χ2v) is 3.81. The largest absolute Gasteiger partial charge is 1.00 e. The first-order valence-corrected chi connectivity index (χ1v) is 5.26. The van der Waals surface area contributed by atoms with Gasteiger partial charge >= 0.3 is 35.5 Å². The summed E-state index contributed by atoms with van der Waals surface area (Å²) in [6, 6.07) is 0. The van der Waals surface area contributed by atoms with E-state index in [2.05, 4.69) is 4.74 Å². The molecular formula is C7H11NaO5S. The first-order valence-electron chi connectivity index (χ1n) is 3.68. The number of ether oxygens (including phenoxy) is 1. The summed E-state index contributed by atoms with van der Waals surface area (Å²) in [4.78, 5) is 10.6. The van der Waals surface area contributed by atoms with Gasteiger partial charge in [-0.15, -0.1) is 0 Å². The quantitative estimate of drug-likeness (QED) is 0.166. The van der Waals surface area contributed by atoms with Crippen LogP contribution in [0.5, 0.6) is 0 Å². The normalized spacial score (nSPS) is 11.0. The molecule has 0 aromatic carbocycles. The minimum atomic E-state index is -4.19. The molecule has 0 spiro atoms. The third kappa shape index (κ3) is 12.1. The third-order valence-corrected chi connectivity index (χ3v) is 1.87. The van der Waals surface area contributed by atoms with Crippen LogP contribution in [-0.2, 0) is 19.6 Å². The molecule has 0 aliphatic heterocycles. The molecule has 0 aliphatic carbocycles. The molecule has 0 amide bonds. The topological polar surface area (TPSA) is 83.5 Å². The predicted molar refractivity (Wildman–Crippen MR) is 45.0 cm³/mol. The molecule has 0 saturated heterocycles. The van der Waals surface area contributed by atoms with E-state index in [0.29, 0.717) is 0 Å². The molecule has 0 heterocycles. The van der Waals surface area contributed by atoms with Crippen LogP contribution in [0.1, 0.15) is 13.3 Å². The molecule has 0 atom stereocenters. The molecule has 5 nitrogen and oxygen atoms in total. The average molecular weight is 230 g/mol. The van der Waals surface area contributed by atoms with E-state index in [1.54, 1.807) is 6.92 Å². The van der Waals surface area contributed by atoms with E-state index < -0.39 is 21.8 Å². The van der Waals surface area contributed by atoms with Gasteiger partial charge in [-0.1, -0.05) is 6.08 Å². The first kappa shape index (κ1) is 16.5. The number of allylic oxidation sites excluding steroid dienone is 1. The Kier molecular flexibility index (Phi) is 9.96. The van der Waals surface area contributed by atoms with Crippen LogP contribution in [0.4, 0.5) is 0 Å². The number of hydrogen-bond donors (Lipinski definition) is 0. The summed E-state index contributed by atoms with van der Waals surface area (Å²) in [5.74, 6) is -1.04. The van der Waals surface area contributed by atoms with Crippen molar-refractivity contribution in [2.24, 2.45) is 0 Å². The summed E-state index contributed by atoms with van der Waals surface area (Å²) in [7, 11) is -4.19. The van der Waals surface area contributed by atoms with Crippen LogP contribution in [0.3, 0.4) is 0 Å². The van der Waals surface area contributed by atoms with Crippen molar-refractivity contribution in [1.29, 1.82) is 0 Å². The van der Waals surface area contributed by atoms with Crippen LogP contribution in [0, 0.1) is 0 Å². The third-order valence-electron chi connectivity index (χ3n) is 1.09. The minimum Gasteiger partial charge on any atom is -0.748 e. The van der Waals surface area contributed by atoms with Crippen LogP contribution < -0.4 is 29.6 Å². The maximum absolute atomic E-state index is 10.6. The van der Waals surface area contributed by atoms with Crippen LogP contribution in [-0.4, -0.2) is 31.3 Å². The number of carbonyl (C=O) groups excluding carboxylic acids is 1. The smallest absolute Gasteiger partial charge is 0.748 e. The molecule has 76 valence electrons. The number of esters is 1. The van der Waals surface area contributed by atoms with E-state index in [1.165, 1.54) is 12.2 Å². The molecule has 7 heteroatoms. The molecule has 0 aromatic rings. The minimum absolute atomic E-state index is 0. The van der Waals surface area contributed by atoms with Gasteiger partial charge in [0.05, 0.1) is 16.7 Å². The molecule has 0 aliphatic rings. The van der Waals surface area contributed by atoms with Crippen molar-refractivity contribution in [3.8, 4) is 0 Å². The zero-order chi connectivity index (χ0) is 10.3. The van der Waals surface area contributed by atoms with Gasteiger partial charge in [0.2, 0.25) is 0 Å². The summed E-state index contributed by atoms with van der Waals surface area (Å²) in [6.45, 7) is 1.61. The van der Waals surface area contributed by atoms with Crippen molar-refractivity contribution in [3.63, 3.8) is 0 Å². The summed E-state index contributed by atoms with van der Waals surface area (Å²) in [6.07, 6.45) is 2.76. The monoisotopic (exact) mass is 230 g/mol. The van der Waals surface area contributed by atoms with Crippen LogP contribution >= 0.6 is 0 Å². The van der Waals surface area contributed by atoms with Crippen LogP contribution in [0.25, 0.3) is 0 Å². The van der Waals surface area contributed by atoms with Crippen molar-refractivity contribution in [1.82, 2.24) is 0 Å². The maximum Gasteiger partial charge on any atom is 1.00 e. The molecule has 0 radical (unpaired) electrons. The maximum atomic E-state index is 10.6. The van der Waals surface area contributed by atoms with Gasteiger partial charge in [-0.05, 0) is 13.3 Å². The van der Waals surface area contributed by atoms with Gasteiger partial charge in [-0.25, -0.2) is 13.2 Å². The Morgan fingerprint density at radius 1 is 1.50 bits per heavy atom. The zero-order valence-corrected chi connectivity index (χ0v) is 11.0. The first-order chi connectivity index (χ1) is 5.95. The fraction of sp³-hybridized carbons (Fsp3) is 0.571. The molecule has 0 N–H and O–H groups in total. The van der Waals surface area contributed by atoms with Crippen molar-refractivity contribution in [2.75, 3.05) is 12.4 Å². The van der Waals surface area contributed by atoms with Gasteiger partial charge in [0.25, 0.3) is 0 Å². The standard InChI is InChI=1S/C7H12O5S.Na/c1-2-4-7(8)12-5-3-6-13(9,10)11;/h2,4H,3,5-6H2,1H3,(H,9,10,11);/q;+1/p-1. The number of carbonyl (C=O) groups is 1. The second kappa shape index (κ2) is 8.43. The van der Waals surface area contributed by atoms with E-state index in [9.17, 15) is 17.8 Å². The summed E-state index contributed by atoms with van der Waals surface area (Å²) >= 11 is 0. The molecule has 14 heavy (non-hydrogen) atoms. The van der Waals surface area contributed by atoms with Crippen LogP contribution in [0.2, 0.25) is 0 Å². The molecular weight excluding hydrogens is 219 g/mol. The Hall–Kier alpha value is 0.120. The van der Waals surface area contributed by atoms with E-state index in [0.717, 1.165) is 0 Å². The second-order valence-electron chi connectivity index (χ2n) is 2.28. The molecule has 0 saturated carbocycles. The van der Waals surface area contributed by atoms with E-state index in [4.69, 9.17) is 0 Å². The molecule has 0 aromatic heterocycles. The summed E-state index contributed by atoms with van der Waals surface area (Å²) < 4.78 is 34.8. The van der Waals surface area contributed by atoms with Crippen LogP contribution in [0.15, 0.2) is 12.2 Å². The number of rotatable bonds is 5. The van der Waals surface area contributed by atoms with Crippen molar-refractivity contribution in [3.05, 3.63) is 12.2 Å². The van der Waals surface area contributed by atoms with E-state index in [-0.39, 0.29) is 42.6 Å². The van der Waals surface area contributed by atoms with Gasteiger partial charge in [0.15, 0.2) is 0 Å². The van der Waals surface area contributed by atoms with Gasteiger partial charge < -0.3 is 9.29 Å². The Bertz CT molecular complexity index is 282. The van der Waals surface area contributed by atoms with Gasteiger partial charge in [-0.2, -0.15) is 0 Å². The fourth-order valence-electron chi connectivity index (χ4n) is 0.593. The SMILES string of the molecule is CC=CC(=O)OCCCS(=O)(=O)[O-].[Na+]. The molecule has 0 bridgehead atoms. The average Bonchev–Trinajstić information content (AvgIpc) is 1.97. The Balaban J connectivity index is 0. The van der Waals surface area contributed by atoms with E-state index >= 15 is 0 Å². The van der Waals surface area contributed by atoms with Gasteiger partial charge in [0, 0.05) is 11.8 Å². The Morgan fingerprint density at radius 3 is 2.50 bits per heavy atom. The van der Waals surface area contributed by atoms with Crippen molar-refractivity contribution >= 4 is 16.1 Å². The van der Waals surface area contributed by atoms with E-state index in [1.807, 2.05) is 0 Å². The summed E-state index contributed by atoms with van der Waals surface area (Å²) in [5.41, 5.74) is 0. The zero-order valence-electron chi connectivity index (χ0n) is 8.23. The Labute approximate surface area is 106 Å². The number of hydrogen-bond acceptors (Lipinski definition) is 5. The van der Waals surface area contributed by atoms with Crippen molar-refractivity contribution < 1.29 is 52.1 Å². The molecule has 0 rings (SSSR count). The predicted octanol–water partition coefficient (Wildman–Crippen LogP) is -2.95. The molecule has 0 fully saturated rings. The summed E-state index contributed by atoms with van der Waals surface area (Å²) in [5, 5.41) is 0. The van der Waals surface area contributed by atoms with Gasteiger partial charge in [0.1, 0.15) is 0 Å². The Morgan fingerprint density at radius 2 is 2.07 bits per heavy atom.